The standard InChI is InChI=1S/C25H20N2O2/c1-3-4-13-24-26-22-11-7-8-12-23(22)27(24)18-14-15-19(17(2)16-18)20-9-5-6-10-21(20)25(28)29/h1,5-12,14-16H,4,13H2,2H3,(H,28,29). The van der Waals surface area contributed by atoms with E-state index in [1.807, 2.05) is 55.5 Å². The molecule has 0 saturated heterocycles. The molecule has 4 aromatic rings. The second-order valence-electron chi connectivity index (χ2n) is 6.91. The quantitative estimate of drug-likeness (QED) is 0.480. The SMILES string of the molecule is C#CCCc1nc2ccccc2n1-c1ccc(-c2ccccc2C(=O)O)c(C)c1. The second kappa shape index (κ2) is 7.65. The molecule has 0 aliphatic carbocycles. The molecule has 29 heavy (non-hydrogen) atoms. The zero-order valence-corrected chi connectivity index (χ0v) is 16.1. The van der Waals surface area contributed by atoms with Crippen molar-refractivity contribution >= 4 is 17.0 Å². The summed E-state index contributed by atoms with van der Waals surface area (Å²) in [5, 5.41) is 9.53. The molecule has 0 unspecified atom stereocenters. The minimum atomic E-state index is -0.929. The molecule has 0 radical (unpaired) electrons. The number of carboxylic acid groups (broad SMARTS) is 1. The van der Waals surface area contributed by atoms with Gasteiger partial charge in [0.2, 0.25) is 0 Å². The lowest BCUT2D eigenvalue weighted by atomic mass is 9.95. The number of carbonyl (C=O) groups is 1. The molecule has 3 aromatic carbocycles. The van der Waals surface area contributed by atoms with E-state index in [9.17, 15) is 9.90 Å². The van der Waals surface area contributed by atoms with Crippen molar-refractivity contribution in [3.63, 3.8) is 0 Å². The van der Waals surface area contributed by atoms with E-state index in [1.165, 1.54) is 0 Å². The molecule has 4 heteroatoms. The summed E-state index contributed by atoms with van der Waals surface area (Å²) in [4.78, 5) is 16.4. The molecule has 4 nitrogen and oxygen atoms in total. The molecule has 0 aliphatic heterocycles. The Labute approximate surface area is 169 Å². The maximum atomic E-state index is 11.6. The van der Waals surface area contributed by atoms with E-state index in [1.54, 1.807) is 12.1 Å². The summed E-state index contributed by atoms with van der Waals surface area (Å²) in [5.41, 5.74) is 5.85. The van der Waals surface area contributed by atoms with Crippen molar-refractivity contribution in [2.75, 3.05) is 0 Å². The van der Waals surface area contributed by atoms with Gasteiger partial charge in [-0.05, 0) is 53.9 Å². The topological polar surface area (TPSA) is 55.1 Å². The van der Waals surface area contributed by atoms with Crippen molar-refractivity contribution in [3.8, 4) is 29.2 Å². The number of rotatable bonds is 5. The maximum absolute atomic E-state index is 11.6. The molecule has 1 aromatic heterocycles. The van der Waals surface area contributed by atoms with Crippen LogP contribution in [0.25, 0.3) is 27.8 Å². The summed E-state index contributed by atoms with van der Waals surface area (Å²) >= 11 is 0. The van der Waals surface area contributed by atoms with Crippen LogP contribution in [0.2, 0.25) is 0 Å². The molecule has 1 N–H and O–H groups in total. The molecule has 0 aliphatic rings. The number of terminal acetylenes is 1. The van der Waals surface area contributed by atoms with Gasteiger partial charge in [-0.25, -0.2) is 9.78 Å². The number of aryl methyl sites for hydroxylation is 2. The number of carboxylic acids is 1. The van der Waals surface area contributed by atoms with Gasteiger partial charge in [0.1, 0.15) is 5.82 Å². The molecule has 0 spiro atoms. The summed E-state index contributed by atoms with van der Waals surface area (Å²) in [6.07, 6.45) is 6.78. The van der Waals surface area contributed by atoms with Gasteiger partial charge in [0, 0.05) is 18.5 Å². The highest BCUT2D eigenvalue weighted by molar-refractivity contribution is 5.96. The predicted molar refractivity (Wildman–Crippen MR) is 115 cm³/mol. The van der Waals surface area contributed by atoms with Gasteiger partial charge in [0.25, 0.3) is 0 Å². The van der Waals surface area contributed by atoms with Gasteiger partial charge in [-0.15, -0.1) is 12.3 Å². The van der Waals surface area contributed by atoms with E-state index < -0.39 is 5.97 Å². The van der Waals surface area contributed by atoms with E-state index in [4.69, 9.17) is 11.4 Å². The fourth-order valence-electron chi connectivity index (χ4n) is 3.71. The second-order valence-corrected chi connectivity index (χ2v) is 6.91. The first-order valence-electron chi connectivity index (χ1n) is 9.43. The minimum Gasteiger partial charge on any atom is -0.478 e. The lowest BCUT2D eigenvalue weighted by molar-refractivity contribution is 0.0697. The molecule has 0 amide bonds. The summed E-state index contributed by atoms with van der Waals surface area (Å²) in [6, 6.07) is 21.1. The molecule has 4 rings (SSSR count). The van der Waals surface area contributed by atoms with Crippen molar-refractivity contribution in [1.82, 2.24) is 9.55 Å². The van der Waals surface area contributed by atoms with Crippen molar-refractivity contribution < 1.29 is 9.90 Å². The number of hydrogen-bond acceptors (Lipinski definition) is 2. The van der Waals surface area contributed by atoms with Gasteiger partial charge in [-0.1, -0.05) is 36.4 Å². The summed E-state index contributed by atoms with van der Waals surface area (Å²) in [5.74, 6) is 2.68. The van der Waals surface area contributed by atoms with Crippen molar-refractivity contribution in [1.29, 1.82) is 0 Å². The van der Waals surface area contributed by atoms with Crippen LogP contribution in [0.1, 0.15) is 28.2 Å². The smallest absolute Gasteiger partial charge is 0.336 e. The van der Waals surface area contributed by atoms with E-state index in [-0.39, 0.29) is 0 Å². The van der Waals surface area contributed by atoms with E-state index in [0.29, 0.717) is 24.0 Å². The van der Waals surface area contributed by atoms with Crippen LogP contribution >= 0.6 is 0 Å². The summed E-state index contributed by atoms with van der Waals surface area (Å²) < 4.78 is 2.13. The van der Waals surface area contributed by atoms with Gasteiger partial charge in [-0.2, -0.15) is 0 Å². The first kappa shape index (κ1) is 18.5. The first-order valence-corrected chi connectivity index (χ1v) is 9.43. The Hall–Kier alpha value is -3.84. The number of hydrogen-bond donors (Lipinski definition) is 1. The van der Waals surface area contributed by atoms with Crippen LogP contribution in [0.15, 0.2) is 66.7 Å². The Morgan fingerprint density at radius 3 is 2.59 bits per heavy atom. The van der Waals surface area contributed by atoms with Crippen molar-refractivity contribution in [2.24, 2.45) is 0 Å². The molecule has 142 valence electrons. The largest absolute Gasteiger partial charge is 0.478 e. The highest BCUT2D eigenvalue weighted by atomic mass is 16.4. The third-order valence-electron chi connectivity index (χ3n) is 5.04. The number of benzene rings is 3. The average Bonchev–Trinajstić information content (AvgIpc) is 3.10. The maximum Gasteiger partial charge on any atom is 0.336 e. The fraction of sp³-hybridized carbons (Fsp3) is 0.120. The van der Waals surface area contributed by atoms with Crippen LogP contribution in [0, 0.1) is 19.3 Å². The van der Waals surface area contributed by atoms with Gasteiger partial charge in [-0.3, -0.25) is 4.57 Å². The molecule has 1 heterocycles. The van der Waals surface area contributed by atoms with E-state index >= 15 is 0 Å². The Morgan fingerprint density at radius 1 is 1.07 bits per heavy atom. The van der Waals surface area contributed by atoms with Crippen LogP contribution in [0.3, 0.4) is 0 Å². The Kier molecular flexibility index (Phi) is 4.88. The zero-order valence-electron chi connectivity index (χ0n) is 16.1. The van der Waals surface area contributed by atoms with Gasteiger partial charge < -0.3 is 5.11 Å². The van der Waals surface area contributed by atoms with Crippen LogP contribution in [0.5, 0.6) is 0 Å². The fourth-order valence-corrected chi connectivity index (χ4v) is 3.71. The minimum absolute atomic E-state index is 0.297. The molecule has 0 fully saturated rings. The molecule has 0 bridgehead atoms. The number of imidazole rings is 1. The van der Waals surface area contributed by atoms with Crippen LogP contribution < -0.4 is 0 Å². The number of nitrogens with zero attached hydrogens (tertiary/aromatic N) is 2. The average molecular weight is 380 g/mol. The van der Waals surface area contributed by atoms with Crippen LogP contribution in [-0.2, 0) is 6.42 Å². The molecule has 0 atom stereocenters. The number of para-hydroxylation sites is 2. The van der Waals surface area contributed by atoms with Crippen molar-refractivity contribution in [2.45, 2.75) is 19.8 Å². The van der Waals surface area contributed by atoms with E-state index in [2.05, 4.69) is 16.6 Å². The lowest BCUT2D eigenvalue weighted by Crippen LogP contribution is -2.03. The van der Waals surface area contributed by atoms with Crippen LogP contribution in [-0.4, -0.2) is 20.6 Å². The number of aromatic nitrogens is 2. The Bertz CT molecular complexity index is 1260. The highest BCUT2D eigenvalue weighted by Crippen LogP contribution is 2.30. The predicted octanol–water partition coefficient (Wildman–Crippen LogP) is 5.26. The van der Waals surface area contributed by atoms with Crippen molar-refractivity contribution in [3.05, 3.63) is 83.7 Å². The monoisotopic (exact) mass is 380 g/mol. The number of aromatic carboxylic acids is 1. The molecule has 0 saturated carbocycles. The number of fused-ring (bicyclic) bond motifs is 1. The van der Waals surface area contributed by atoms with Crippen LogP contribution in [0.4, 0.5) is 0 Å². The third-order valence-corrected chi connectivity index (χ3v) is 5.04. The Balaban J connectivity index is 1.86. The van der Waals surface area contributed by atoms with E-state index in [0.717, 1.165) is 33.7 Å². The molecular weight excluding hydrogens is 360 g/mol. The summed E-state index contributed by atoms with van der Waals surface area (Å²) in [7, 11) is 0. The highest BCUT2D eigenvalue weighted by Gasteiger charge is 2.15. The Morgan fingerprint density at radius 2 is 1.83 bits per heavy atom. The first-order chi connectivity index (χ1) is 14.1. The zero-order chi connectivity index (χ0) is 20.4. The lowest BCUT2D eigenvalue weighted by Gasteiger charge is -2.14. The third kappa shape index (κ3) is 3.39. The van der Waals surface area contributed by atoms with Gasteiger partial charge in [0.15, 0.2) is 0 Å². The van der Waals surface area contributed by atoms with Gasteiger partial charge >= 0.3 is 5.97 Å². The summed E-state index contributed by atoms with van der Waals surface area (Å²) in [6.45, 7) is 2.00. The van der Waals surface area contributed by atoms with Gasteiger partial charge in [0.05, 0.1) is 16.6 Å². The molecular formula is C25H20N2O2. The normalized spacial score (nSPS) is 10.8.